The van der Waals surface area contributed by atoms with E-state index < -0.39 is 19.9 Å². The number of hydrogen-bond donors (Lipinski definition) is 0. The van der Waals surface area contributed by atoms with Crippen molar-refractivity contribution in [1.82, 2.24) is 0 Å². The van der Waals surface area contributed by atoms with Gasteiger partial charge in [0.1, 0.15) is 0 Å². The molecule has 0 unspecified atom stereocenters. The second-order valence-electron chi connectivity index (χ2n) is 7.04. The second kappa shape index (κ2) is 8.00. The topological polar surface area (TPSA) is 71.5 Å². The lowest BCUT2D eigenvalue weighted by Gasteiger charge is -2.26. The number of aryl methyl sites for hydroxylation is 2. The zero-order valence-corrected chi connectivity index (χ0v) is 18.2. The summed E-state index contributed by atoms with van der Waals surface area (Å²) in [7, 11) is -7.55. The fourth-order valence-electron chi connectivity index (χ4n) is 3.06. The van der Waals surface area contributed by atoms with E-state index in [1.165, 1.54) is 22.5 Å². The average molecular weight is 430 g/mol. The summed E-state index contributed by atoms with van der Waals surface area (Å²) in [6.07, 6.45) is 1.07. The van der Waals surface area contributed by atoms with Crippen LogP contribution in [-0.2, 0) is 26.4 Å². The molecule has 5 nitrogen and oxygen atoms in total. The van der Waals surface area contributed by atoms with Gasteiger partial charge in [0.25, 0.3) is 10.0 Å². The van der Waals surface area contributed by atoms with E-state index in [9.17, 15) is 16.8 Å². The van der Waals surface area contributed by atoms with E-state index in [0.717, 1.165) is 17.4 Å². The summed E-state index contributed by atoms with van der Waals surface area (Å²) in [5.74, 6) is 0. The molecule has 0 aliphatic heterocycles. The third-order valence-electron chi connectivity index (χ3n) is 4.61. The Hall–Kier alpha value is -2.64. The van der Waals surface area contributed by atoms with Crippen molar-refractivity contribution in [2.75, 3.05) is 10.6 Å². The van der Waals surface area contributed by atoms with Crippen LogP contribution in [0.4, 0.5) is 5.69 Å². The predicted molar refractivity (Wildman–Crippen MR) is 115 cm³/mol. The number of rotatable bonds is 6. The van der Waals surface area contributed by atoms with Crippen molar-refractivity contribution >= 4 is 25.5 Å². The highest BCUT2D eigenvalue weighted by Crippen LogP contribution is 2.29. The van der Waals surface area contributed by atoms with Crippen LogP contribution in [0.5, 0.6) is 0 Å². The van der Waals surface area contributed by atoms with Gasteiger partial charge >= 0.3 is 0 Å². The molecule has 0 fully saturated rings. The van der Waals surface area contributed by atoms with Crippen LogP contribution in [0.1, 0.15) is 16.7 Å². The van der Waals surface area contributed by atoms with Gasteiger partial charge in [-0.1, -0.05) is 48.5 Å². The van der Waals surface area contributed by atoms with E-state index in [4.69, 9.17) is 0 Å². The van der Waals surface area contributed by atoms with Crippen molar-refractivity contribution in [3.05, 3.63) is 89.5 Å². The Morgan fingerprint density at radius 2 is 1.48 bits per heavy atom. The van der Waals surface area contributed by atoms with Crippen LogP contribution in [0.15, 0.2) is 82.6 Å². The zero-order chi connectivity index (χ0) is 21.2. The third kappa shape index (κ3) is 4.68. The van der Waals surface area contributed by atoms with Crippen LogP contribution in [0, 0.1) is 13.8 Å². The molecular weight excluding hydrogens is 406 g/mol. The Labute approximate surface area is 172 Å². The number of anilines is 1. The highest BCUT2D eigenvalue weighted by atomic mass is 32.2. The van der Waals surface area contributed by atoms with Crippen molar-refractivity contribution in [3.63, 3.8) is 0 Å². The van der Waals surface area contributed by atoms with Crippen LogP contribution in [0.3, 0.4) is 0 Å². The van der Waals surface area contributed by atoms with Gasteiger partial charge in [0.05, 0.1) is 22.0 Å². The Kier molecular flexibility index (Phi) is 5.82. The van der Waals surface area contributed by atoms with Gasteiger partial charge in [-0.2, -0.15) is 0 Å². The molecule has 0 aromatic heterocycles. The predicted octanol–water partition coefficient (Wildman–Crippen LogP) is 4.10. The van der Waals surface area contributed by atoms with Crippen molar-refractivity contribution in [2.24, 2.45) is 0 Å². The number of nitrogens with zero attached hydrogens (tertiary/aromatic N) is 1. The Morgan fingerprint density at radius 1 is 0.793 bits per heavy atom. The van der Waals surface area contributed by atoms with Crippen molar-refractivity contribution in [3.8, 4) is 0 Å². The number of sulfone groups is 1. The first kappa shape index (κ1) is 21.1. The molecule has 3 aromatic carbocycles. The maximum atomic E-state index is 13.7. The summed E-state index contributed by atoms with van der Waals surface area (Å²) in [4.78, 5) is -0.0385. The van der Waals surface area contributed by atoms with Gasteiger partial charge in [0.2, 0.25) is 0 Å². The molecule has 0 radical (unpaired) electrons. The standard InChI is InChI=1S/C22H23NO4S2/c1-17-8-7-11-20(14-17)23(16-19-9-5-4-6-10-19)29(26,27)22-15-21(28(3,24)25)13-12-18(22)2/h4-15H,16H2,1-3H3. The van der Waals surface area contributed by atoms with Crippen molar-refractivity contribution < 1.29 is 16.8 Å². The highest BCUT2D eigenvalue weighted by Gasteiger charge is 2.28. The Bertz CT molecular complexity index is 1230. The van der Waals surface area contributed by atoms with E-state index in [1.54, 1.807) is 25.1 Å². The Morgan fingerprint density at radius 3 is 2.10 bits per heavy atom. The average Bonchev–Trinajstić information content (AvgIpc) is 2.66. The second-order valence-corrected chi connectivity index (χ2v) is 10.9. The molecule has 0 saturated heterocycles. The minimum absolute atomic E-state index is 0.0159. The molecule has 0 saturated carbocycles. The summed E-state index contributed by atoms with van der Waals surface area (Å²) in [6, 6.07) is 20.7. The third-order valence-corrected chi connectivity index (χ3v) is 7.64. The first-order valence-electron chi connectivity index (χ1n) is 9.03. The van der Waals surface area contributed by atoms with E-state index in [1.807, 2.05) is 43.3 Å². The molecule has 3 rings (SSSR count). The lowest BCUT2D eigenvalue weighted by molar-refractivity contribution is 0.589. The maximum absolute atomic E-state index is 13.7. The van der Waals surface area contributed by atoms with E-state index in [2.05, 4.69) is 0 Å². The lowest BCUT2D eigenvalue weighted by atomic mass is 10.2. The van der Waals surface area contributed by atoms with Gasteiger partial charge in [0, 0.05) is 6.26 Å². The number of benzene rings is 3. The molecule has 0 heterocycles. The van der Waals surface area contributed by atoms with Gasteiger partial charge in [-0.05, 0) is 54.8 Å². The molecule has 152 valence electrons. The summed E-state index contributed by atoms with van der Waals surface area (Å²) in [6.45, 7) is 3.69. The minimum Gasteiger partial charge on any atom is -0.262 e. The van der Waals surface area contributed by atoms with Crippen LogP contribution < -0.4 is 4.31 Å². The summed E-state index contributed by atoms with van der Waals surface area (Å²) in [5.41, 5.74) is 2.77. The lowest BCUT2D eigenvalue weighted by Crippen LogP contribution is -2.31. The molecule has 0 atom stereocenters. The molecule has 0 aliphatic carbocycles. The molecule has 0 spiro atoms. The van der Waals surface area contributed by atoms with E-state index >= 15 is 0 Å². The van der Waals surface area contributed by atoms with Gasteiger partial charge in [-0.15, -0.1) is 0 Å². The largest absolute Gasteiger partial charge is 0.264 e. The fraction of sp³-hybridized carbons (Fsp3) is 0.182. The molecule has 0 N–H and O–H groups in total. The molecule has 0 bridgehead atoms. The fourth-order valence-corrected chi connectivity index (χ4v) is 5.48. The van der Waals surface area contributed by atoms with E-state index in [0.29, 0.717) is 11.3 Å². The summed E-state index contributed by atoms with van der Waals surface area (Å²) < 4.78 is 52.7. The highest BCUT2D eigenvalue weighted by molar-refractivity contribution is 7.93. The van der Waals surface area contributed by atoms with Crippen LogP contribution in [0.25, 0.3) is 0 Å². The van der Waals surface area contributed by atoms with Gasteiger partial charge in [-0.25, -0.2) is 16.8 Å². The smallest absolute Gasteiger partial charge is 0.262 e. The molecule has 3 aromatic rings. The summed E-state index contributed by atoms with van der Waals surface area (Å²) in [5, 5.41) is 0. The first-order chi connectivity index (χ1) is 13.6. The van der Waals surface area contributed by atoms with Gasteiger partial charge in [0.15, 0.2) is 9.84 Å². The maximum Gasteiger partial charge on any atom is 0.264 e. The van der Waals surface area contributed by atoms with Crippen LogP contribution in [0.2, 0.25) is 0 Å². The number of sulfonamides is 1. The van der Waals surface area contributed by atoms with Crippen LogP contribution >= 0.6 is 0 Å². The van der Waals surface area contributed by atoms with Gasteiger partial charge < -0.3 is 0 Å². The molecule has 0 amide bonds. The molecule has 29 heavy (non-hydrogen) atoms. The zero-order valence-electron chi connectivity index (χ0n) is 16.5. The van der Waals surface area contributed by atoms with E-state index in [-0.39, 0.29) is 16.3 Å². The quantitative estimate of drug-likeness (QED) is 0.591. The molecule has 0 aliphatic rings. The first-order valence-corrected chi connectivity index (χ1v) is 12.4. The monoisotopic (exact) mass is 429 g/mol. The van der Waals surface area contributed by atoms with Gasteiger partial charge in [-0.3, -0.25) is 4.31 Å². The SMILES string of the molecule is Cc1cccc(N(Cc2ccccc2)S(=O)(=O)c2cc(S(C)(=O)=O)ccc2C)c1. The summed E-state index contributed by atoms with van der Waals surface area (Å²) >= 11 is 0. The molecular formula is C22H23NO4S2. The minimum atomic E-state index is -4.01. The number of hydrogen-bond acceptors (Lipinski definition) is 4. The van der Waals surface area contributed by atoms with Crippen molar-refractivity contribution in [2.45, 2.75) is 30.2 Å². The van der Waals surface area contributed by atoms with Crippen molar-refractivity contribution in [1.29, 1.82) is 0 Å². The van der Waals surface area contributed by atoms with Crippen LogP contribution in [-0.4, -0.2) is 23.1 Å². The molecule has 7 heteroatoms. The normalized spacial score (nSPS) is 12.0. The Balaban J connectivity index is 2.19.